The smallest absolute Gasteiger partial charge is 0.247 e. The molecule has 0 radical (unpaired) electrons. The number of rotatable bonds is 8. The summed E-state index contributed by atoms with van der Waals surface area (Å²) in [5.74, 6) is -1.61. The lowest BCUT2D eigenvalue weighted by Crippen LogP contribution is -2.56. The summed E-state index contributed by atoms with van der Waals surface area (Å²) < 4.78 is -1.50. The highest BCUT2D eigenvalue weighted by Gasteiger charge is 2.74. The largest absolute Gasteiger partial charge is 0.394 e. The van der Waals surface area contributed by atoms with E-state index in [4.69, 9.17) is 0 Å². The van der Waals surface area contributed by atoms with Crippen LogP contribution in [0, 0.1) is 11.8 Å². The summed E-state index contributed by atoms with van der Waals surface area (Å²) in [6.45, 7) is 7.81. The van der Waals surface area contributed by atoms with Crippen molar-refractivity contribution >= 4 is 29.5 Å². The van der Waals surface area contributed by atoms with Gasteiger partial charge in [0, 0.05) is 30.9 Å². The Labute approximate surface area is 229 Å². The minimum atomic E-state index is -0.869. The van der Waals surface area contributed by atoms with Gasteiger partial charge in [0.25, 0.3) is 0 Å². The van der Waals surface area contributed by atoms with Crippen LogP contribution in [0.15, 0.2) is 54.6 Å². The van der Waals surface area contributed by atoms with Gasteiger partial charge in [-0.05, 0) is 25.8 Å². The molecular formula is C30H39N3O4S. The number of hydrogen-bond acceptors (Lipinski definition) is 5. The monoisotopic (exact) mass is 537 g/mol. The van der Waals surface area contributed by atoms with Crippen LogP contribution >= 0.6 is 11.8 Å². The van der Waals surface area contributed by atoms with Gasteiger partial charge in [0.05, 0.1) is 29.2 Å². The lowest BCUT2D eigenvalue weighted by atomic mass is 9.74. The number of aliphatic hydroxyl groups is 1. The van der Waals surface area contributed by atoms with E-state index in [0.29, 0.717) is 26.2 Å². The van der Waals surface area contributed by atoms with E-state index in [0.717, 1.165) is 24.8 Å². The number of likely N-dealkylation sites (tertiary alicyclic amines) is 1. The molecule has 8 heteroatoms. The molecule has 5 rings (SSSR count). The molecule has 38 heavy (non-hydrogen) atoms. The van der Waals surface area contributed by atoms with Crippen LogP contribution in [0.1, 0.15) is 45.6 Å². The summed E-state index contributed by atoms with van der Waals surface area (Å²) >= 11 is 1.59. The van der Waals surface area contributed by atoms with Crippen LogP contribution in [0.2, 0.25) is 0 Å². The van der Waals surface area contributed by atoms with E-state index in [1.807, 2.05) is 59.2 Å². The van der Waals surface area contributed by atoms with Gasteiger partial charge in [-0.2, -0.15) is 0 Å². The summed E-state index contributed by atoms with van der Waals surface area (Å²) in [4.78, 5) is 48.1. The summed E-state index contributed by atoms with van der Waals surface area (Å²) in [7, 11) is 0. The molecule has 1 spiro atoms. The lowest BCUT2D eigenvalue weighted by molar-refractivity contribution is -0.147. The molecular weight excluding hydrogens is 498 g/mol. The third-order valence-electron chi connectivity index (χ3n) is 8.65. The normalized spacial score (nSPS) is 33.2. The molecule has 1 N–H and O–H groups in total. The maximum atomic E-state index is 14.3. The first-order valence-corrected chi connectivity index (χ1v) is 14.7. The van der Waals surface area contributed by atoms with Crippen molar-refractivity contribution in [1.29, 1.82) is 0 Å². The molecule has 0 bridgehead atoms. The van der Waals surface area contributed by atoms with Crippen molar-refractivity contribution in [3.05, 3.63) is 60.2 Å². The number of thioether (sulfide) groups is 1. The molecule has 0 aliphatic carbocycles. The van der Waals surface area contributed by atoms with Crippen molar-refractivity contribution in [3.63, 3.8) is 0 Å². The van der Waals surface area contributed by atoms with Crippen molar-refractivity contribution < 1.29 is 19.5 Å². The number of hydrogen-bond donors (Lipinski definition) is 1. The quantitative estimate of drug-likeness (QED) is 0.407. The molecule has 2 fully saturated rings. The Balaban J connectivity index is 1.56. The van der Waals surface area contributed by atoms with Crippen molar-refractivity contribution in [2.45, 2.75) is 68.2 Å². The second-order valence-corrected chi connectivity index (χ2v) is 13.1. The summed E-state index contributed by atoms with van der Waals surface area (Å²) in [6, 6.07) is 8.63. The second-order valence-electron chi connectivity index (χ2n) is 11.3. The van der Waals surface area contributed by atoms with Crippen molar-refractivity contribution in [3.8, 4) is 0 Å². The maximum Gasteiger partial charge on any atom is 0.247 e. The van der Waals surface area contributed by atoms with E-state index < -0.39 is 33.4 Å². The third-order valence-corrected chi connectivity index (χ3v) is 10.4. The fourth-order valence-corrected chi connectivity index (χ4v) is 8.96. The van der Waals surface area contributed by atoms with Gasteiger partial charge < -0.3 is 19.8 Å². The van der Waals surface area contributed by atoms with Gasteiger partial charge in [-0.1, -0.05) is 74.4 Å². The molecule has 4 heterocycles. The first-order valence-electron chi connectivity index (χ1n) is 13.9. The maximum absolute atomic E-state index is 14.3. The number of nitrogens with zero attached hydrogens (tertiary/aromatic N) is 3. The molecule has 1 aromatic rings. The first kappa shape index (κ1) is 27.0. The SMILES string of the molecule is CCCCCN1CC=C[C@]23S[C@]4(C)C=CCN(Cc5ccccc5)C(=O)[C@@H]4[C@H]2C(=O)N([C@H](C)CO)C3C1=O. The number of amides is 3. The van der Waals surface area contributed by atoms with Crippen LogP contribution in [0.4, 0.5) is 0 Å². The Morgan fingerprint density at radius 2 is 1.68 bits per heavy atom. The third kappa shape index (κ3) is 4.30. The highest BCUT2D eigenvalue weighted by atomic mass is 32.2. The van der Waals surface area contributed by atoms with Crippen molar-refractivity contribution in [2.75, 3.05) is 26.2 Å². The predicted molar refractivity (Wildman–Crippen MR) is 149 cm³/mol. The van der Waals surface area contributed by atoms with Gasteiger partial charge in [0.15, 0.2) is 0 Å². The fraction of sp³-hybridized carbons (Fsp3) is 0.567. The average Bonchev–Trinajstić information content (AvgIpc) is 3.19. The Morgan fingerprint density at radius 3 is 2.39 bits per heavy atom. The molecule has 204 valence electrons. The second kappa shape index (κ2) is 10.5. The van der Waals surface area contributed by atoms with Gasteiger partial charge in [-0.15, -0.1) is 11.8 Å². The molecule has 3 amide bonds. The van der Waals surface area contributed by atoms with E-state index in [1.54, 1.807) is 23.6 Å². The predicted octanol–water partition coefficient (Wildman–Crippen LogP) is 3.24. The minimum absolute atomic E-state index is 0.0498. The lowest BCUT2D eigenvalue weighted by Gasteiger charge is -2.38. The Morgan fingerprint density at radius 1 is 0.974 bits per heavy atom. The molecule has 2 saturated heterocycles. The minimum Gasteiger partial charge on any atom is -0.394 e. The number of carbonyl (C=O) groups is 3. The average molecular weight is 538 g/mol. The van der Waals surface area contributed by atoms with Crippen LogP contribution in [0.25, 0.3) is 0 Å². The highest BCUT2D eigenvalue weighted by molar-refractivity contribution is 8.02. The number of unbranched alkanes of at least 4 members (excludes halogenated alkanes) is 2. The van der Waals surface area contributed by atoms with E-state index >= 15 is 0 Å². The van der Waals surface area contributed by atoms with E-state index in [9.17, 15) is 19.5 Å². The molecule has 4 aliphatic rings. The van der Waals surface area contributed by atoms with E-state index in [2.05, 4.69) is 19.1 Å². The zero-order chi connectivity index (χ0) is 27.1. The van der Waals surface area contributed by atoms with E-state index in [-0.39, 0.29) is 24.3 Å². The summed E-state index contributed by atoms with van der Waals surface area (Å²) in [5, 5.41) is 10.1. The van der Waals surface area contributed by atoms with Gasteiger partial charge in [-0.3, -0.25) is 14.4 Å². The van der Waals surface area contributed by atoms with Gasteiger partial charge in [-0.25, -0.2) is 0 Å². The first-order chi connectivity index (χ1) is 18.3. The Kier molecular flexibility index (Phi) is 7.48. The number of carbonyl (C=O) groups excluding carboxylic acids is 3. The summed E-state index contributed by atoms with van der Waals surface area (Å²) in [6.07, 6.45) is 11.2. The molecule has 0 aromatic heterocycles. The number of fused-ring (bicyclic) bond motifs is 2. The standard InChI is InChI=1S/C30H39N3O4S/c1-4-5-9-16-31-17-11-15-30-24(27(36)33(21(2)20-34)25(30)28(31)37)23-26(35)32(18-10-14-29(23,3)38-30)19-22-12-7-6-8-13-22/h6-8,10-15,21,23-25,34H,4-5,9,16-20H2,1-3H3/t21-,23+,24+,25?,29-,30+/m1/s1. The molecule has 1 unspecified atom stereocenters. The van der Waals surface area contributed by atoms with Crippen LogP contribution in [-0.4, -0.2) is 85.3 Å². The molecule has 6 atom stereocenters. The van der Waals surface area contributed by atoms with E-state index in [1.165, 1.54) is 0 Å². The summed E-state index contributed by atoms with van der Waals surface area (Å²) in [5.41, 5.74) is 1.04. The molecule has 1 aromatic carbocycles. The Hall–Kier alpha value is -2.58. The van der Waals surface area contributed by atoms with Crippen molar-refractivity contribution in [2.24, 2.45) is 11.8 Å². The zero-order valence-electron chi connectivity index (χ0n) is 22.6. The highest BCUT2D eigenvalue weighted by Crippen LogP contribution is 2.65. The molecule has 4 aliphatic heterocycles. The van der Waals surface area contributed by atoms with Gasteiger partial charge >= 0.3 is 0 Å². The zero-order valence-corrected chi connectivity index (χ0v) is 23.4. The van der Waals surface area contributed by atoms with Crippen molar-refractivity contribution in [1.82, 2.24) is 14.7 Å². The Bertz CT molecular complexity index is 1140. The van der Waals surface area contributed by atoms with Crippen LogP contribution in [0.5, 0.6) is 0 Å². The van der Waals surface area contributed by atoms with Crippen LogP contribution in [0.3, 0.4) is 0 Å². The topological polar surface area (TPSA) is 81.2 Å². The van der Waals surface area contributed by atoms with Gasteiger partial charge in [0.2, 0.25) is 17.7 Å². The van der Waals surface area contributed by atoms with Crippen LogP contribution in [-0.2, 0) is 20.9 Å². The molecule has 0 saturated carbocycles. The number of aliphatic hydroxyl groups excluding tert-OH is 1. The van der Waals surface area contributed by atoms with Gasteiger partial charge in [0.1, 0.15) is 6.04 Å². The molecule has 7 nitrogen and oxygen atoms in total. The van der Waals surface area contributed by atoms with Crippen LogP contribution < -0.4 is 0 Å². The number of benzene rings is 1. The fourth-order valence-electron chi connectivity index (χ4n) is 6.82.